The minimum atomic E-state index is -0.319. The molecule has 1 aliphatic heterocycles. The molecule has 7 heteroatoms. The number of carbonyl (C=O) groups excluding carboxylic acids is 2. The number of pyridine rings is 1. The van der Waals surface area contributed by atoms with Crippen LogP contribution in [-0.4, -0.2) is 58.9 Å². The number of rotatable bonds is 6. The molecule has 0 radical (unpaired) electrons. The number of nitrogens with zero attached hydrogens (tertiary/aromatic N) is 3. The van der Waals surface area contributed by atoms with Crippen molar-refractivity contribution in [1.82, 2.24) is 14.8 Å². The predicted molar refractivity (Wildman–Crippen MR) is 116 cm³/mol. The molecular weight excluding hydrogens is 394 g/mol. The van der Waals surface area contributed by atoms with Gasteiger partial charge in [0.1, 0.15) is 12.1 Å². The van der Waals surface area contributed by atoms with Crippen molar-refractivity contribution < 1.29 is 18.7 Å². The van der Waals surface area contributed by atoms with E-state index in [1.807, 2.05) is 42.5 Å². The Labute approximate surface area is 181 Å². The Morgan fingerprint density at radius 3 is 2.74 bits per heavy atom. The molecule has 7 nitrogen and oxygen atoms in total. The van der Waals surface area contributed by atoms with Gasteiger partial charge in [-0.25, -0.2) is 0 Å². The molecule has 1 aromatic carbocycles. The lowest BCUT2D eigenvalue weighted by molar-refractivity contribution is -0.132. The first-order valence-corrected chi connectivity index (χ1v) is 10.6. The molecule has 1 saturated heterocycles. The summed E-state index contributed by atoms with van der Waals surface area (Å²) in [5.74, 6) is 0.164. The number of aromatic nitrogens is 1. The smallest absolute Gasteiger partial charge is 0.290 e. The molecular formula is C24H27N3O4. The second kappa shape index (κ2) is 9.31. The van der Waals surface area contributed by atoms with Gasteiger partial charge in [-0.15, -0.1) is 0 Å². The summed E-state index contributed by atoms with van der Waals surface area (Å²) in [6.45, 7) is 5.83. The minimum absolute atomic E-state index is 0.00600. The molecule has 4 rings (SSSR count). The third-order valence-electron chi connectivity index (χ3n) is 5.23. The molecule has 0 spiro atoms. The Bertz CT molecular complexity index is 1010. The number of hydrogen-bond acceptors (Lipinski definition) is 5. The molecule has 1 aliphatic rings. The molecule has 3 heterocycles. The van der Waals surface area contributed by atoms with Gasteiger partial charge in [0.25, 0.3) is 5.91 Å². The maximum Gasteiger partial charge on any atom is 0.290 e. The topological polar surface area (TPSA) is 75.9 Å². The van der Waals surface area contributed by atoms with Crippen LogP contribution in [0.3, 0.4) is 0 Å². The van der Waals surface area contributed by atoms with Crippen LogP contribution < -0.4 is 0 Å². The first-order valence-electron chi connectivity index (χ1n) is 10.6. The Hall–Kier alpha value is -3.19. The zero-order valence-electron chi connectivity index (χ0n) is 17.9. The summed E-state index contributed by atoms with van der Waals surface area (Å²) in [4.78, 5) is 33.7. The summed E-state index contributed by atoms with van der Waals surface area (Å²) in [7, 11) is 0. The molecule has 0 N–H and O–H groups in total. The highest BCUT2D eigenvalue weighted by Crippen LogP contribution is 2.21. The van der Waals surface area contributed by atoms with Crippen LogP contribution in [0.1, 0.15) is 30.1 Å². The predicted octanol–water partition coefficient (Wildman–Crippen LogP) is 3.35. The Morgan fingerprint density at radius 2 is 2.00 bits per heavy atom. The lowest BCUT2D eigenvalue weighted by atomic mass is 10.2. The van der Waals surface area contributed by atoms with Crippen LogP contribution in [0, 0.1) is 5.92 Å². The summed E-state index contributed by atoms with van der Waals surface area (Å²) in [6.07, 6.45) is 1.40. The SMILES string of the molecule is CC(C)CN1CC(OCc2ccccn2)CN(C(=O)c2cc3ccccc3o2)CC1=O. The highest BCUT2D eigenvalue weighted by Gasteiger charge is 2.32. The number of hydrogen-bond donors (Lipinski definition) is 0. The van der Waals surface area contributed by atoms with Crippen molar-refractivity contribution in [3.8, 4) is 0 Å². The maximum atomic E-state index is 13.2. The van der Waals surface area contributed by atoms with Gasteiger partial charge in [0.2, 0.25) is 5.91 Å². The van der Waals surface area contributed by atoms with Crippen molar-refractivity contribution in [1.29, 1.82) is 0 Å². The second-order valence-electron chi connectivity index (χ2n) is 8.28. The molecule has 1 fully saturated rings. The first kappa shape index (κ1) is 21.1. The quantitative estimate of drug-likeness (QED) is 0.610. The fourth-order valence-electron chi connectivity index (χ4n) is 3.79. The number of para-hydroxylation sites is 1. The monoisotopic (exact) mass is 421 g/mol. The summed E-state index contributed by atoms with van der Waals surface area (Å²) in [5.41, 5.74) is 1.46. The second-order valence-corrected chi connectivity index (χ2v) is 8.28. The van der Waals surface area contributed by atoms with Crippen LogP contribution in [0.25, 0.3) is 11.0 Å². The maximum absolute atomic E-state index is 13.2. The van der Waals surface area contributed by atoms with E-state index < -0.39 is 0 Å². The van der Waals surface area contributed by atoms with E-state index in [0.717, 1.165) is 11.1 Å². The molecule has 31 heavy (non-hydrogen) atoms. The molecule has 1 unspecified atom stereocenters. The van der Waals surface area contributed by atoms with Crippen LogP contribution in [-0.2, 0) is 16.1 Å². The van der Waals surface area contributed by atoms with Gasteiger partial charge in [0.05, 0.1) is 18.4 Å². The summed E-state index contributed by atoms with van der Waals surface area (Å²) in [5, 5.41) is 0.858. The van der Waals surface area contributed by atoms with E-state index in [9.17, 15) is 9.59 Å². The molecule has 3 aromatic rings. The van der Waals surface area contributed by atoms with E-state index >= 15 is 0 Å². The van der Waals surface area contributed by atoms with E-state index in [4.69, 9.17) is 9.15 Å². The first-order chi connectivity index (χ1) is 15.0. The van der Waals surface area contributed by atoms with E-state index in [1.54, 1.807) is 17.2 Å². The molecule has 0 aliphatic carbocycles. The zero-order valence-corrected chi connectivity index (χ0v) is 17.9. The number of benzene rings is 1. The molecule has 162 valence electrons. The average Bonchev–Trinajstić information content (AvgIpc) is 3.13. The van der Waals surface area contributed by atoms with Crippen molar-refractivity contribution in [3.05, 3.63) is 66.2 Å². The van der Waals surface area contributed by atoms with Gasteiger partial charge in [0.15, 0.2) is 5.76 Å². The molecule has 2 aromatic heterocycles. The van der Waals surface area contributed by atoms with Crippen molar-refractivity contribution in [3.63, 3.8) is 0 Å². The fourth-order valence-corrected chi connectivity index (χ4v) is 3.79. The lowest BCUT2D eigenvalue weighted by Crippen LogP contribution is -2.40. The van der Waals surface area contributed by atoms with Gasteiger partial charge in [-0.3, -0.25) is 14.6 Å². The van der Waals surface area contributed by atoms with Crippen LogP contribution in [0.15, 0.2) is 59.1 Å². The fraction of sp³-hybridized carbons (Fsp3) is 0.375. The minimum Gasteiger partial charge on any atom is -0.451 e. The van der Waals surface area contributed by atoms with Crippen LogP contribution in [0.5, 0.6) is 0 Å². The van der Waals surface area contributed by atoms with Crippen molar-refractivity contribution in [2.45, 2.75) is 26.6 Å². The Kier molecular flexibility index (Phi) is 6.32. The third-order valence-corrected chi connectivity index (χ3v) is 5.23. The Balaban J connectivity index is 1.54. The lowest BCUT2D eigenvalue weighted by Gasteiger charge is -2.25. The average molecular weight is 421 g/mol. The van der Waals surface area contributed by atoms with E-state index in [-0.39, 0.29) is 30.2 Å². The molecule has 2 amide bonds. The van der Waals surface area contributed by atoms with Gasteiger partial charge in [-0.05, 0) is 30.2 Å². The van der Waals surface area contributed by atoms with Crippen LogP contribution in [0.4, 0.5) is 0 Å². The molecule has 0 saturated carbocycles. The summed E-state index contributed by atoms with van der Waals surface area (Å²) in [6, 6.07) is 14.9. The van der Waals surface area contributed by atoms with Crippen molar-refractivity contribution >= 4 is 22.8 Å². The van der Waals surface area contributed by atoms with Crippen LogP contribution in [0.2, 0.25) is 0 Å². The normalized spacial score (nSPS) is 17.4. The number of furan rings is 1. The molecule has 1 atom stereocenters. The third kappa shape index (κ3) is 5.11. The number of amides is 2. The summed E-state index contributed by atoms with van der Waals surface area (Å²) < 4.78 is 11.9. The summed E-state index contributed by atoms with van der Waals surface area (Å²) >= 11 is 0. The van der Waals surface area contributed by atoms with Gasteiger partial charge >= 0.3 is 0 Å². The van der Waals surface area contributed by atoms with E-state index in [1.165, 1.54) is 4.90 Å². The molecule has 0 bridgehead atoms. The van der Waals surface area contributed by atoms with Gasteiger partial charge in [-0.2, -0.15) is 0 Å². The van der Waals surface area contributed by atoms with E-state index in [2.05, 4.69) is 18.8 Å². The van der Waals surface area contributed by atoms with Crippen molar-refractivity contribution in [2.75, 3.05) is 26.2 Å². The largest absolute Gasteiger partial charge is 0.451 e. The standard InChI is InChI=1S/C24H27N3O4/c1-17(2)12-26-13-20(30-16-19-8-5-6-10-25-19)14-27(15-23(26)28)24(29)22-11-18-7-3-4-9-21(18)31-22/h3-11,17,20H,12-16H2,1-2H3. The van der Waals surface area contributed by atoms with Crippen molar-refractivity contribution in [2.24, 2.45) is 5.92 Å². The number of carbonyl (C=O) groups is 2. The number of fused-ring (bicyclic) bond motifs is 1. The van der Waals surface area contributed by atoms with Gasteiger partial charge in [-0.1, -0.05) is 38.1 Å². The zero-order chi connectivity index (χ0) is 21.8. The Morgan fingerprint density at radius 1 is 1.19 bits per heavy atom. The van der Waals surface area contributed by atoms with Crippen LogP contribution >= 0.6 is 0 Å². The number of ether oxygens (including phenoxy) is 1. The van der Waals surface area contributed by atoms with Gasteiger partial charge < -0.3 is 19.0 Å². The highest BCUT2D eigenvalue weighted by molar-refractivity contribution is 5.98. The van der Waals surface area contributed by atoms with Gasteiger partial charge in [0, 0.05) is 31.2 Å². The van der Waals surface area contributed by atoms with E-state index in [0.29, 0.717) is 37.7 Å². The highest BCUT2D eigenvalue weighted by atomic mass is 16.5.